The van der Waals surface area contributed by atoms with Gasteiger partial charge >= 0.3 is 0 Å². The highest BCUT2D eigenvalue weighted by Gasteiger charge is 2.36. The lowest BCUT2D eigenvalue weighted by molar-refractivity contribution is 0.282. The minimum Gasteiger partial charge on any atom is -0.462 e. The molecule has 0 aromatic heterocycles. The minimum absolute atomic E-state index is 0.293. The number of rotatable bonds is 5. The van der Waals surface area contributed by atoms with Gasteiger partial charge in [-0.2, -0.15) is 0 Å². The molecule has 0 N–H and O–H groups in total. The quantitative estimate of drug-likeness (QED) is 0.512. The Morgan fingerprint density at radius 2 is 1.91 bits per heavy atom. The predicted octanol–water partition coefficient (Wildman–Crippen LogP) is 5.70. The summed E-state index contributed by atoms with van der Waals surface area (Å²) in [4.78, 5) is 0. The Labute approximate surface area is 136 Å². The summed E-state index contributed by atoms with van der Waals surface area (Å²) in [5, 5.41) is 0.293. The van der Waals surface area contributed by atoms with E-state index in [-0.39, 0.29) is 0 Å². The lowest BCUT2D eigenvalue weighted by Gasteiger charge is -2.36. The van der Waals surface area contributed by atoms with Crippen molar-refractivity contribution < 1.29 is 9.16 Å². The number of ether oxygens (including phenoxy) is 1. The molecule has 0 aliphatic carbocycles. The van der Waals surface area contributed by atoms with Gasteiger partial charge in [-0.25, -0.2) is 0 Å². The fourth-order valence-electron chi connectivity index (χ4n) is 2.29. The van der Waals surface area contributed by atoms with Crippen molar-refractivity contribution in [2.24, 2.45) is 0 Å². The summed E-state index contributed by atoms with van der Waals surface area (Å²) in [7, 11) is -1.59. The molecule has 0 spiro atoms. The summed E-state index contributed by atoms with van der Waals surface area (Å²) in [6, 6.07) is 8.33. The number of para-hydroxylation sites is 1. The maximum Gasteiger partial charge on any atom is 0.191 e. The molecule has 1 heterocycles. The molecule has 2 nitrogen and oxygen atoms in total. The van der Waals surface area contributed by atoms with Crippen LogP contribution >= 0.6 is 0 Å². The molecular weight excluding hydrogens is 288 g/mol. The summed E-state index contributed by atoms with van der Waals surface area (Å²) < 4.78 is 12.2. The van der Waals surface area contributed by atoms with Gasteiger partial charge in [-0.1, -0.05) is 39.0 Å². The van der Waals surface area contributed by atoms with Crippen molar-refractivity contribution in [3.63, 3.8) is 0 Å². The van der Waals surface area contributed by atoms with Crippen molar-refractivity contribution in [2.75, 3.05) is 6.61 Å². The first kappa shape index (κ1) is 17.3. The van der Waals surface area contributed by atoms with Gasteiger partial charge in [0.1, 0.15) is 11.5 Å². The van der Waals surface area contributed by atoms with Gasteiger partial charge in [0, 0.05) is 13.0 Å². The maximum atomic E-state index is 6.21. The van der Waals surface area contributed by atoms with Crippen molar-refractivity contribution in [2.45, 2.75) is 64.6 Å². The van der Waals surface area contributed by atoms with Gasteiger partial charge in [0.25, 0.3) is 0 Å². The van der Waals surface area contributed by atoms with Crippen molar-refractivity contribution in [3.8, 4) is 5.75 Å². The molecule has 0 saturated heterocycles. The molecule has 0 atom stereocenters. The molecule has 2 rings (SSSR count). The smallest absolute Gasteiger partial charge is 0.191 e. The Balaban J connectivity index is 1.76. The van der Waals surface area contributed by atoms with E-state index in [1.165, 1.54) is 5.56 Å². The van der Waals surface area contributed by atoms with Gasteiger partial charge in [-0.05, 0) is 55.1 Å². The number of hydrogen-bond acceptors (Lipinski definition) is 2. The molecule has 0 fully saturated rings. The summed E-state index contributed by atoms with van der Waals surface area (Å²) in [6.45, 7) is 12.3. The van der Waals surface area contributed by atoms with Crippen LogP contribution in [0.5, 0.6) is 5.75 Å². The SMILES string of the molecule is CC(C)(C)[Si](C)(C)OCCC/C=C1/CCc2ccccc2O1. The van der Waals surface area contributed by atoms with Gasteiger partial charge in [0.15, 0.2) is 8.32 Å². The first-order chi connectivity index (χ1) is 10.3. The summed E-state index contributed by atoms with van der Waals surface area (Å²) in [5.74, 6) is 2.14. The Hall–Kier alpha value is -1.06. The van der Waals surface area contributed by atoms with E-state index in [1.807, 2.05) is 6.07 Å². The van der Waals surface area contributed by atoms with Crippen LogP contribution in [0.15, 0.2) is 36.1 Å². The molecule has 1 aromatic rings. The number of allylic oxidation sites excluding steroid dienone is 2. The van der Waals surface area contributed by atoms with Crippen LogP contribution in [0.1, 0.15) is 45.6 Å². The zero-order valence-electron chi connectivity index (χ0n) is 14.7. The third-order valence-electron chi connectivity index (χ3n) is 4.84. The van der Waals surface area contributed by atoms with Crippen LogP contribution in [0.4, 0.5) is 0 Å². The minimum atomic E-state index is -1.59. The van der Waals surface area contributed by atoms with Gasteiger partial charge in [0.05, 0.1) is 0 Å². The fraction of sp³-hybridized carbons (Fsp3) is 0.579. The molecule has 1 aliphatic rings. The van der Waals surface area contributed by atoms with Crippen LogP contribution in [0.3, 0.4) is 0 Å². The molecule has 122 valence electrons. The summed E-state index contributed by atoms with van der Waals surface area (Å²) >= 11 is 0. The van der Waals surface area contributed by atoms with E-state index >= 15 is 0 Å². The Bertz CT molecular complexity index is 526. The average molecular weight is 319 g/mol. The molecule has 1 aliphatic heterocycles. The Kier molecular flexibility index (Phi) is 5.51. The second-order valence-electron chi connectivity index (χ2n) is 7.63. The first-order valence-corrected chi connectivity index (χ1v) is 11.3. The highest BCUT2D eigenvalue weighted by atomic mass is 28.4. The molecule has 0 bridgehead atoms. The van der Waals surface area contributed by atoms with Gasteiger partial charge < -0.3 is 9.16 Å². The third kappa shape index (κ3) is 4.47. The van der Waals surface area contributed by atoms with E-state index in [1.54, 1.807) is 0 Å². The molecule has 0 radical (unpaired) electrons. The maximum absolute atomic E-state index is 6.21. The normalized spacial score (nSPS) is 17.2. The number of aryl methyl sites for hydroxylation is 1. The average Bonchev–Trinajstić information content (AvgIpc) is 2.45. The number of unbranched alkanes of at least 4 members (excludes halogenated alkanes) is 1. The highest BCUT2D eigenvalue weighted by molar-refractivity contribution is 6.74. The topological polar surface area (TPSA) is 18.5 Å². The van der Waals surface area contributed by atoms with E-state index in [0.29, 0.717) is 5.04 Å². The van der Waals surface area contributed by atoms with Crippen molar-refractivity contribution in [1.29, 1.82) is 0 Å². The molecule has 0 amide bonds. The second-order valence-corrected chi connectivity index (χ2v) is 12.4. The van der Waals surface area contributed by atoms with Gasteiger partial charge in [-0.3, -0.25) is 0 Å². The monoisotopic (exact) mass is 318 g/mol. The summed E-state index contributed by atoms with van der Waals surface area (Å²) in [6.07, 6.45) is 6.45. The lowest BCUT2D eigenvalue weighted by atomic mass is 10.0. The van der Waals surface area contributed by atoms with Crippen LogP contribution < -0.4 is 4.74 Å². The zero-order chi connectivity index (χ0) is 16.2. The van der Waals surface area contributed by atoms with Crippen LogP contribution in [0, 0.1) is 0 Å². The van der Waals surface area contributed by atoms with E-state index in [4.69, 9.17) is 9.16 Å². The Morgan fingerprint density at radius 1 is 1.18 bits per heavy atom. The van der Waals surface area contributed by atoms with Crippen LogP contribution in [0.2, 0.25) is 18.1 Å². The zero-order valence-corrected chi connectivity index (χ0v) is 15.7. The van der Waals surface area contributed by atoms with Crippen molar-refractivity contribution in [1.82, 2.24) is 0 Å². The molecule has 0 unspecified atom stereocenters. The van der Waals surface area contributed by atoms with Gasteiger partial charge in [0.2, 0.25) is 0 Å². The number of fused-ring (bicyclic) bond motifs is 1. The van der Waals surface area contributed by atoms with Crippen LogP contribution in [0.25, 0.3) is 0 Å². The van der Waals surface area contributed by atoms with Crippen molar-refractivity contribution in [3.05, 3.63) is 41.7 Å². The molecular formula is C19H30O2Si. The molecule has 1 aromatic carbocycles. The van der Waals surface area contributed by atoms with E-state index in [0.717, 1.165) is 43.8 Å². The number of benzene rings is 1. The second kappa shape index (κ2) is 7.01. The predicted molar refractivity (Wildman–Crippen MR) is 95.9 cm³/mol. The molecule has 3 heteroatoms. The van der Waals surface area contributed by atoms with E-state index in [9.17, 15) is 0 Å². The highest BCUT2D eigenvalue weighted by Crippen LogP contribution is 2.36. The molecule has 0 saturated carbocycles. The largest absolute Gasteiger partial charge is 0.462 e. The first-order valence-electron chi connectivity index (χ1n) is 8.38. The lowest BCUT2D eigenvalue weighted by Crippen LogP contribution is -2.40. The van der Waals surface area contributed by atoms with E-state index < -0.39 is 8.32 Å². The van der Waals surface area contributed by atoms with E-state index in [2.05, 4.69) is 58.1 Å². The standard InChI is InChI=1S/C19H30O2Si/c1-19(2,3)22(4,5)20-15-9-8-11-17-14-13-16-10-6-7-12-18(16)21-17/h6-7,10-12H,8-9,13-15H2,1-5H3/b17-11-. The third-order valence-corrected chi connectivity index (χ3v) is 9.38. The molecule has 22 heavy (non-hydrogen) atoms. The fourth-order valence-corrected chi connectivity index (χ4v) is 3.38. The van der Waals surface area contributed by atoms with Crippen molar-refractivity contribution >= 4 is 8.32 Å². The Morgan fingerprint density at radius 3 is 2.64 bits per heavy atom. The van der Waals surface area contributed by atoms with Crippen LogP contribution in [-0.2, 0) is 10.8 Å². The summed E-state index contributed by atoms with van der Waals surface area (Å²) in [5.41, 5.74) is 1.32. The number of hydrogen-bond donors (Lipinski definition) is 0. The van der Waals surface area contributed by atoms with Crippen LogP contribution in [-0.4, -0.2) is 14.9 Å². The van der Waals surface area contributed by atoms with Gasteiger partial charge in [-0.15, -0.1) is 0 Å².